The molecular formula is C14H24N4O2S. The minimum Gasteiger partial charge on any atom is -0.383 e. The zero-order chi connectivity index (χ0) is 15.2. The quantitative estimate of drug-likeness (QED) is 0.815. The number of hydrogen-bond donors (Lipinski definition) is 2. The summed E-state index contributed by atoms with van der Waals surface area (Å²) in [6.07, 6.45) is 4.50. The van der Waals surface area contributed by atoms with Gasteiger partial charge in [-0.2, -0.15) is 0 Å². The normalized spacial score (nSPS) is 19.3. The SMILES string of the molecule is COCCNc1nc(N)c(C(=O)N2CCCCCC2C)s1. The van der Waals surface area contributed by atoms with Crippen LogP contribution in [-0.2, 0) is 4.74 Å². The van der Waals surface area contributed by atoms with E-state index < -0.39 is 0 Å². The molecule has 21 heavy (non-hydrogen) atoms. The van der Waals surface area contributed by atoms with Crippen LogP contribution in [0.2, 0.25) is 0 Å². The lowest BCUT2D eigenvalue weighted by Crippen LogP contribution is -2.38. The molecule has 118 valence electrons. The van der Waals surface area contributed by atoms with Crippen LogP contribution >= 0.6 is 11.3 Å². The molecule has 2 heterocycles. The maximum Gasteiger partial charge on any atom is 0.268 e. The fourth-order valence-electron chi connectivity index (χ4n) is 2.53. The van der Waals surface area contributed by atoms with Crippen molar-refractivity contribution in [3.63, 3.8) is 0 Å². The van der Waals surface area contributed by atoms with Crippen LogP contribution in [0.4, 0.5) is 10.9 Å². The Morgan fingerprint density at radius 3 is 3.10 bits per heavy atom. The van der Waals surface area contributed by atoms with Gasteiger partial charge in [0.05, 0.1) is 6.61 Å². The van der Waals surface area contributed by atoms with Crippen molar-refractivity contribution in [2.75, 3.05) is 37.9 Å². The van der Waals surface area contributed by atoms with Crippen molar-refractivity contribution in [2.45, 2.75) is 38.6 Å². The minimum atomic E-state index is 0.0131. The van der Waals surface area contributed by atoms with Gasteiger partial charge < -0.3 is 20.7 Å². The summed E-state index contributed by atoms with van der Waals surface area (Å²) in [6, 6.07) is 0.270. The molecule has 1 saturated heterocycles. The van der Waals surface area contributed by atoms with Crippen LogP contribution in [0.3, 0.4) is 0 Å². The molecule has 0 saturated carbocycles. The molecular weight excluding hydrogens is 288 g/mol. The van der Waals surface area contributed by atoms with Gasteiger partial charge in [-0.05, 0) is 19.8 Å². The largest absolute Gasteiger partial charge is 0.383 e. The maximum absolute atomic E-state index is 12.7. The summed E-state index contributed by atoms with van der Waals surface area (Å²) >= 11 is 1.33. The average Bonchev–Trinajstić information content (AvgIpc) is 2.69. The van der Waals surface area contributed by atoms with Crippen LogP contribution in [0.1, 0.15) is 42.3 Å². The third-order valence-electron chi connectivity index (χ3n) is 3.74. The Morgan fingerprint density at radius 2 is 2.33 bits per heavy atom. The van der Waals surface area contributed by atoms with Crippen LogP contribution in [0.5, 0.6) is 0 Å². The monoisotopic (exact) mass is 312 g/mol. The van der Waals surface area contributed by atoms with Gasteiger partial charge >= 0.3 is 0 Å². The van der Waals surface area contributed by atoms with Crippen molar-refractivity contribution in [1.82, 2.24) is 9.88 Å². The van der Waals surface area contributed by atoms with Crippen LogP contribution in [0, 0.1) is 0 Å². The first-order chi connectivity index (χ1) is 10.1. The molecule has 3 N–H and O–H groups in total. The average molecular weight is 312 g/mol. The lowest BCUT2D eigenvalue weighted by Gasteiger charge is -2.26. The first-order valence-electron chi connectivity index (χ1n) is 7.43. The highest BCUT2D eigenvalue weighted by Crippen LogP contribution is 2.28. The molecule has 1 amide bonds. The van der Waals surface area contributed by atoms with Gasteiger partial charge in [0.2, 0.25) is 0 Å². The van der Waals surface area contributed by atoms with Crippen molar-refractivity contribution in [1.29, 1.82) is 0 Å². The van der Waals surface area contributed by atoms with Gasteiger partial charge in [-0.1, -0.05) is 24.2 Å². The van der Waals surface area contributed by atoms with Crippen molar-refractivity contribution >= 4 is 28.2 Å². The third-order valence-corrected chi connectivity index (χ3v) is 4.76. The molecule has 1 atom stereocenters. The first-order valence-corrected chi connectivity index (χ1v) is 8.25. The zero-order valence-corrected chi connectivity index (χ0v) is 13.5. The molecule has 1 aliphatic heterocycles. The molecule has 1 aromatic heterocycles. The summed E-state index contributed by atoms with van der Waals surface area (Å²) in [4.78, 5) is 19.4. The van der Waals surface area contributed by atoms with E-state index in [9.17, 15) is 4.79 Å². The predicted molar refractivity (Wildman–Crippen MR) is 85.9 cm³/mol. The third kappa shape index (κ3) is 4.07. The predicted octanol–water partition coefficient (Wildman–Crippen LogP) is 2.19. The highest BCUT2D eigenvalue weighted by molar-refractivity contribution is 7.18. The Kier molecular flexibility index (Phi) is 5.81. The fourth-order valence-corrected chi connectivity index (χ4v) is 3.39. The molecule has 1 aliphatic rings. The summed E-state index contributed by atoms with van der Waals surface area (Å²) in [6.45, 7) is 4.16. The molecule has 1 unspecified atom stereocenters. The topological polar surface area (TPSA) is 80.5 Å². The number of nitrogens with zero attached hydrogens (tertiary/aromatic N) is 2. The van der Waals surface area contributed by atoms with Gasteiger partial charge in [0.15, 0.2) is 5.13 Å². The summed E-state index contributed by atoms with van der Waals surface area (Å²) in [5, 5.41) is 3.80. The number of ether oxygens (including phenoxy) is 1. The highest BCUT2D eigenvalue weighted by Gasteiger charge is 2.26. The van der Waals surface area contributed by atoms with E-state index in [4.69, 9.17) is 10.5 Å². The van der Waals surface area contributed by atoms with E-state index in [1.54, 1.807) is 7.11 Å². The van der Waals surface area contributed by atoms with Crippen LogP contribution in [0.15, 0.2) is 0 Å². The Morgan fingerprint density at radius 1 is 1.52 bits per heavy atom. The lowest BCUT2D eigenvalue weighted by molar-refractivity contribution is 0.0703. The number of carbonyl (C=O) groups excluding carboxylic acids is 1. The number of methoxy groups -OCH3 is 1. The summed E-state index contributed by atoms with van der Waals surface area (Å²) in [7, 11) is 1.65. The van der Waals surface area contributed by atoms with E-state index >= 15 is 0 Å². The van der Waals surface area contributed by atoms with Crippen molar-refractivity contribution < 1.29 is 9.53 Å². The molecule has 0 spiro atoms. The van der Waals surface area contributed by atoms with E-state index in [1.807, 2.05) is 4.90 Å². The van der Waals surface area contributed by atoms with Crippen LogP contribution in [-0.4, -0.2) is 48.6 Å². The number of carbonyl (C=O) groups is 1. The van der Waals surface area contributed by atoms with Gasteiger partial charge in [-0.25, -0.2) is 4.98 Å². The first kappa shape index (κ1) is 16.0. The number of thiazole rings is 1. The van der Waals surface area contributed by atoms with Gasteiger partial charge in [0, 0.05) is 26.2 Å². The van der Waals surface area contributed by atoms with Crippen molar-refractivity contribution in [3.8, 4) is 0 Å². The Hall–Kier alpha value is -1.34. The second kappa shape index (κ2) is 7.61. The molecule has 0 bridgehead atoms. The number of rotatable bonds is 5. The van der Waals surface area contributed by atoms with Crippen LogP contribution < -0.4 is 11.1 Å². The fraction of sp³-hybridized carbons (Fsp3) is 0.714. The molecule has 6 nitrogen and oxygen atoms in total. The van der Waals surface area contributed by atoms with E-state index in [1.165, 1.54) is 24.2 Å². The summed E-state index contributed by atoms with van der Waals surface area (Å²) in [5.41, 5.74) is 5.92. The highest BCUT2D eigenvalue weighted by atomic mass is 32.1. The Labute approximate surface area is 129 Å². The number of nitrogens with two attached hydrogens (primary N) is 1. The van der Waals surface area contributed by atoms with Gasteiger partial charge in [0.1, 0.15) is 10.7 Å². The van der Waals surface area contributed by atoms with E-state index in [0.29, 0.717) is 29.0 Å². The maximum atomic E-state index is 12.7. The molecule has 1 fully saturated rings. The second-order valence-electron chi connectivity index (χ2n) is 5.35. The number of nitrogens with one attached hydrogen (secondary N) is 1. The van der Waals surface area contributed by atoms with Gasteiger partial charge in [0.25, 0.3) is 5.91 Å². The molecule has 7 heteroatoms. The lowest BCUT2D eigenvalue weighted by atomic mass is 10.1. The Bertz CT molecular complexity index is 478. The van der Waals surface area contributed by atoms with E-state index in [2.05, 4.69) is 17.2 Å². The summed E-state index contributed by atoms with van der Waals surface area (Å²) in [5.74, 6) is 0.334. The van der Waals surface area contributed by atoms with Crippen molar-refractivity contribution in [3.05, 3.63) is 4.88 Å². The van der Waals surface area contributed by atoms with Crippen LogP contribution in [0.25, 0.3) is 0 Å². The van der Waals surface area contributed by atoms with E-state index in [0.717, 1.165) is 19.4 Å². The minimum absolute atomic E-state index is 0.0131. The standard InChI is InChI=1S/C14H24N4O2S/c1-10-6-4-3-5-8-18(10)13(19)11-12(15)17-14(21-11)16-7-9-20-2/h10H,3-9,15H2,1-2H3,(H,16,17). The zero-order valence-electron chi connectivity index (χ0n) is 12.7. The molecule has 0 aromatic carbocycles. The number of aromatic nitrogens is 1. The van der Waals surface area contributed by atoms with E-state index in [-0.39, 0.29) is 11.9 Å². The van der Waals surface area contributed by atoms with Crippen molar-refractivity contribution in [2.24, 2.45) is 0 Å². The molecule has 2 rings (SSSR count). The molecule has 1 aromatic rings. The molecule has 0 radical (unpaired) electrons. The summed E-state index contributed by atoms with van der Waals surface area (Å²) < 4.78 is 4.98. The molecule has 0 aliphatic carbocycles. The second-order valence-corrected chi connectivity index (χ2v) is 6.35. The smallest absolute Gasteiger partial charge is 0.268 e. The number of nitrogen functional groups attached to an aromatic ring is 1. The van der Waals surface area contributed by atoms with Gasteiger partial charge in [-0.15, -0.1) is 0 Å². The number of anilines is 2. The number of likely N-dealkylation sites (tertiary alicyclic amines) is 1. The number of amides is 1. The number of hydrogen-bond acceptors (Lipinski definition) is 6. The Balaban J connectivity index is 2.07. The van der Waals surface area contributed by atoms with Gasteiger partial charge in [-0.3, -0.25) is 4.79 Å².